The molecule has 3 aromatic rings. The smallest absolute Gasteiger partial charge is 0.337 e. The van der Waals surface area contributed by atoms with E-state index in [1.807, 2.05) is 72.7 Å². The van der Waals surface area contributed by atoms with E-state index in [9.17, 15) is 9.90 Å². The summed E-state index contributed by atoms with van der Waals surface area (Å²) in [7, 11) is 0. The summed E-state index contributed by atoms with van der Waals surface area (Å²) in [6.07, 6.45) is 4.33. The molecule has 1 aliphatic heterocycles. The first-order chi connectivity index (χ1) is 22.1. The van der Waals surface area contributed by atoms with E-state index in [0.29, 0.717) is 48.1 Å². The lowest BCUT2D eigenvalue weighted by molar-refractivity contribution is -0.160. The van der Waals surface area contributed by atoms with Gasteiger partial charge in [-0.05, 0) is 80.4 Å². The van der Waals surface area contributed by atoms with Gasteiger partial charge in [0.15, 0.2) is 11.8 Å². The third-order valence-electron chi connectivity index (χ3n) is 8.39. The fourth-order valence-corrected chi connectivity index (χ4v) is 5.92. The Morgan fingerprint density at radius 1 is 1.13 bits per heavy atom. The van der Waals surface area contributed by atoms with Crippen molar-refractivity contribution < 1.29 is 28.8 Å². The number of rotatable bonds is 15. The number of ether oxygens (including phenoxy) is 4. The van der Waals surface area contributed by atoms with E-state index < -0.39 is 17.7 Å². The second-order valence-corrected chi connectivity index (χ2v) is 13.8. The minimum atomic E-state index is -1.24. The van der Waals surface area contributed by atoms with E-state index in [0.717, 1.165) is 36.1 Å². The summed E-state index contributed by atoms with van der Waals surface area (Å²) in [6, 6.07) is 8.00. The Morgan fingerprint density at radius 3 is 2.45 bits per heavy atom. The van der Waals surface area contributed by atoms with Crippen molar-refractivity contribution in [1.82, 2.24) is 14.6 Å². The lowest BCUT2D eigenvalue weighted by atomic mass is 9.92. The molecule has 1 aromatic carbocycles. The fraction of sp³-hybridized carbons (Fsp3) is 0.541. The number of hydrogen-bond acceptors (Lipinski definition) is 8. The molecule has 0 spiro atoms. The molecule has 3 atom stereocenters. The van der Waals surface area contributed by atoms with Crippen molar-refractivity contribution in [2.45, 2.75) is 111 Å². The molecule has 2 unspecified atom stereocenters. The van der Waals surface area contributed by atoms with Crippen LogP contribution in [0.5, 0.6) is 5.75 Å². The number of nitrogens with zero attached hydrogens (tertiary/aromatic N) is 4. The van der Waals surface area contributed by atoms with Gasteiger partial charge in [0.2, 0.25) is 0 Å². The predicted octanol–water partition coefficient (Wildman–Crippen LogP) is 7.47. The van der Waals surface area contributed by atoms with E-state index in [-0.39, 0.29) is 24.4 Å². The number of fused-ring (bicyclic) bond motifs is 1. The molecule has 3 heterocycles. The molecule has 0 amide bonds. The second kappa shape index (κ2) is 15.0. The largest absolute Gasteiger partial charge is 0.490 e. The van der Waals surface area contributed by atoms with Crippen molar-refractivity contribution in [1.29, 1.82) is 0 Å². The molecule has 2 aromatic heterocycles. The molecule has 0 radical (unpaired) electrons. The van der Waals surface area contributed by atoms with Gasteiger partial charge in [0.05, 0.1) is 47.9 Å². The maximum Gasteiger partial charge on any atom is 0.337 e. The van der Waals surface area contributed by atoms with E-state index >= 15 is 0 Å². The average Bonchev–Trinajstić information content (AvgIpc) is 3.40. The standard InChI is InChI=1S/C37H52N4O6/c1-11-13-25(4)46-30-15-14-24(3)21-29(30)27(6)44-23-28-22-31-38-26(5)32(33(35(42)43)47-36(7,8)9)34(41(31)39-28)40-18-16-37(10,17-19-40)45-20-12-2/h11-12,14-15,21-22,25,27,33H,1-2,13,16-20,23H2,3-10H3,(H,42,43)/t25-,27?,33?/m0/s1. The summed E-state index contributed by atoms with van der Waals surface area (Å²) in [6.45, 7) is 25.2. The summed E-state index contributed by atoms with van der Waals surface area (Å²) < 4.78 is 26.6. The third kappa shape index (κ3) is 9.00. The summed E-state index contributed by atoms with van der Waals surface area (Å²) in [5, 5.41) is 15.4. The quantitative estimate of drug-likeness (QED) is 0.168. The highest BCUT2D eigenvalue weighted by molar-refractivity contribution is 5.78. The van der Waals surface area contributed by atoms with Crippen LogP contribution in [-0.2, 0) is 25.6 Å². The Morgan fingerprint density at radius 2 is 1.83 bits per heavy atom. The number of carbonyl (C=O) groups is 1. The highest BCUT2D eigenvalue weighted by atomic mass is 16.5. The number of benzene rings is 1. The van der Waals surface area contributed by atoms with Crippen molar-refractivity contribution in [3.8, 4) is 5.75 Å². The van der Waals surface area contributed by atoms with E-state index in [1.54, 1.807) is 10.6 Å². The summed E-state index contributed by atoms with van der Waals surface area (Å²) in [5.74, 6) is 0.369. The Hall–Kier alpha value is -3.73. The Kier molecular flexibility index (Phi) is 11.5. The molecule has 1 aliphatic rings. The van der Waals surface area contributed by atoms with Crippen molar-refractivity contribution in [3.05, 3.63) is 77.7 Å². The van der Waals surface area contributed by atoms with Crippen LogP contribution in [-0.4, -0.2) is 62.7 Å². The van der Waals surface area contributed by atoms with Gasteiger partial charge in [-0.1, -0.05) is 23.8 Å². The van der Waals surface area contributed by atoms with Gasteiger partial charge in [-0.3, -0.25) is 0 Å². The van der Waals surface area contributed by atoms with Crippen LogP contribution in [0.4, 0.5) is 5.82 Å². The minimum Gasteiger partial charge on any atom is -0.490 e. The summed E-state index contributed by atoms with van der Waals surface area (Å²) >= 11 is 0. The summed E-state index contributed by atoms with van der Waals surface area (Å²) in [4.78, 5) is 19.7. The molecule has 1 N–H and O–H groups in total. The Labute approximate surface area is 279 Å². The number of carboxylic acid groups (broad SMARTS) is 1. The number of carboxylic acids is 1. The van der Waals surface area contributed by atoms with Gasteiger partial charge >= 0.3 is 5.97 Å². The molecule has 0 aliphatic carbocycles. The Bertz CT molecular complexity index is 1570. The first-order valence-electron chi connectivity index (χ1n) is 16.4. The van der Waals surface area contributed by atoms with Gasteiger partial charge < -0.3 is 29.0 Å². The fourth-order valence-electron chi connectivity index (χ4n) is 5.92. The normalized spacial score (nSPS) is 16.9. The van der Waals surface area contributed by atoms with E-state index in [4.69, 9.17) is 29.0 Å². The van der Waals surface area contributed by atoms with Crippen LogP contribution < -0.4 is 9.64 Å². The number of anilines is 1. The van der Waals surface area contributed by atoms with Crippen LogP contribution >= 0.6 is 0 Å². The molecule has 10 nitrogen and oxygen atoms in total. The van der Waals surface area contributed by atoms with Crippen molar-refractivity contribution in [3.63, 3.8) is 0 Å². The molecule has 47 heavy (non-hydrogen) atoms. The van der Waals surface area contributed by atoms with Gasteiger partial charge in [0, 0.05) is 36.8 Å². The van der Waals surface area contributed by atoms with Crippen LogP contribution in [0.2, 0.25) is 0 Å². The topological polar surface area (TPSA) is 108 Å². The number of hydrogen-bond donors (Lipinski definition) is 1. The predicted molar refractivity (Wildman–Crippen MR) is 184 cm³/mol. The number of aliphatic carboxylic acids is 1. The van der Waals surface area contributed by atoms with Gasteiger partial charge in [-0.15, -0.1) is 13.2 Å². The van der Waals surface area contributed by atoms with Gasteiger partial charge in [0.1, 0.15) is 11.6 Å². The highest BCUT2D eigenvalue weighted by Crippen LogP contribution is 2.38. The van der Waals surface area contributed by atoms with Gasteiger partial charge in [0.25, 0.3) is 0 Å². The average molecular weight is 649 g/mol. The van der Waals surface area contributed by atoms with Crippen molar-refractivity contribution >= 4 is 17.4 Å². The molecular weight excluding hydrogens is 596 g/mol. The first-order valence-corrected chi connectivity index (χ1v) is 16.4. The third-order valence-corrected chi connectivity index (χ3v) is 8.39. The van der Waals surface area contributed by atoms with Crippen LogP contribution in [0.25, 0.3) is 5.65 Å². The molecule has 256 valence electrons. The SMILES string of the molecule is C=CCOC1(C)CCN(c2c(C(OC(C)(C)C)C(=O)O)c(C)nc3cc(COC(C)c4cc(C)ccc4O[C@@H](C)CC=C)nn23)CC1. The van der Waals surface area contributed by atoms with Gasteiger partial charge in [-0.25, -0.2) is 9.78 Å². The molecule has 0 saturated carbocycles. The monoisotopic (exact) mass is 648 g/mol. The molecular formula is C37H52N4O6. The van der Waals surface area contributed by atoms with E-state index in [2.05, 4.69) is 31.0 Å². The Balaban J connectivity index is 1.70. The first kappa shape index (κ1) is 36.1. The van der Waals surface area contributed by atoms with Crippen molar-refractivity contribution in [2.24, 2.45) is 0 Å². The molecule has 1 saturated heterocycles. The van der Waals surface area contributed by atoms with Crippen LogP contribution in [0, 0.1) is 13.8 Å². The molecule has 10 heteroatoms. The van der Waals surface area contributed by atoms with Crippen LogP contribution in [0.15, 0.2) is 49.6 Å². The number of piperidine rings is 1. The van der Waals surface area contributed by atoms with Crippen LogP contribution in [0.1, 0.15) is 101 Å². The summed E-state index contributed by atoms with van der Waals surface area (Å²) in [5.41, 5.74) is 3.43. The lowest BCUT2D eigenvalue weighted by Crippen LogP contribution is -2.45. The maximum atomic E-state index is 12.7. The zero-order valence-corrected chi connectivity index (χ0v) is 29.3. The lowest BCUT2D eigenvalue weighted by Gasteiger charge is -2.41. The zero-order valence-electron chi connectivity index (χ0n) is 29.3. The van der Waals surface area contributed by atoms with E-state index in [1.165, 1.54) is 0 Å². The zero-order chi connectivity index (χ0) is 34.5. The molecule has 4 rings (SSSR count). The second-order valence-electron chi connectivity index (χ2n) is 13.8. The number of aryl methyl sites for hydroxylation is 2. The highest BCUT2D eigenvalue weighted by Gasteiger charge is 2.37. The minimum absolute atomic E-state index is 0.0142. The number of aromatic nitrogens is 3. The molecule has 0 bridgehead atoms. The van der Waals surface area contributed by atoms with Crippen LogP contribution in [0.3, 0.4) is 0 Å². The van der Waals surface area contributed by atoms with Crippen molar-refractivity contribution in [2.75, 3.05) is 24.6 Å². The van der Waals surface area contributed by atoms with Gasteiger partial charge in [-0.2, -0.15) is 9.61 Å². The molecule has 1 fully saturated rings. The maximum absolute atomic E-state index is 12.7.